The highest BCUT2D eigenvalue weighted by Gasteiger charge is 2.24. The van der Waals surface area contributed by atoms with E-state index in [1.54, 1.807) is 6.20 Å². The van der Waals surface area contributed by atoms with Gasteiger partial charge in [0, 0.05) is 23.5 Å². The van der Waals surface area contributed by atoms with Crippen molar-refractivity contribution in [1.29, 1.82) is 0 Å². The minimum atomic E-state index is 0.703. The van der Waals surface area contributed by atoms with Crippen molar-refractivity contribution in [2.45, 2.75) is 20.8 Å². The summed E-state index contributed by atoms with van der Waals surface area (Å²) in [7, 11) is 0. The quantitative estimate of drug-likeness (QED) is 0.413. The molecule has 0 aliphatic heterocycles. The standard InChI is InChI=1S/C25H22N4/c1-16-14-17(2)24(18(3)15-16)29-13-12-26-25(29)28-27-23-21-10-6-4-8-19(21)20-9-5-7-11-22(20)23/h4-15H,1-3H3,(H,26,28). The van der Waals surface area contributed by atoms with Gasteiger partial charge < -0.3 is 0 Å². The fraction of sp³-hybridized carbons (Fsp3) is 0.120. The third kappa shape index (κ3) is 2.85. The number of nitrogens with zero attached hydrogens (tertiary/aromatic N) is 3. The fourth-order valence-corrected chi connectivity index (χ4v) is 4.34. The van der Waals surface area contributed by atoms with E-state index in [0.717, 1.165) is 22.5 Å². The topological polar surface area (TPSA) is 42.2 Å². The number of hydrazone groups is 1. The Kier molecular flexibility index (Phi) is 4.06. The van der Waals surface area contributed by atoms with Crippen LogP contribution in [0.15, 0.2) is 78.2 Å². The Morgan fingerprint density at radius 3 is 1.93 bits per heavy atom. The highest BCUT2D eigenvalue weighted by molar-refractivity contribution is 6.24. The monoisotopic (exact) mass is 378 g/mol. The molecule has 4 nitrogen and oxygen atoms in total. The Morgan fingerprint density at radius 2 is 1.34 bits per heavy atom. The molecule has 0 radical (unpaired) electrons. The van der Waals surface area contributed by atoms with Gasteiger partial charge in [-0.05, 0) is 43.0 Å². The minimum Gasteiger partial charge on any atom is -0.284 e. The molecule has 0 spiro atoms. The first-order chi connectivity index (χ1) is 14.1. The minimum absolute atomic E-state index is 0.703. The highest BCUT2D eigenvalue weighted by Crippen LogP contribution is 2.36. The number of rotatable bonds is 3. The van der Waals surface area contributed by atoms with Gasteiger partial charge in [0.2, 0.25) is 5.95 Å². The van der Waals surface area contributed by atoms with E-state index in [2.05, 4.69) is 96.4 Å². The summed E-state index contributed by atoms with van der Waals surface area (Å²) < 4.78 is 2.07. The molecule has 1 aliphatic rings. The van der Waals surface area contributed by atoms with Crippen molar-refractivity contribution in [3.05, 3.63) is 101 Å². The molecule has 0 amide bonds. The molecule has 3 aromatic carbocycles. The van der Waals surface area contributed by atoms with E-state index in [1.165, 1.54) is 27.8 Å². The van der Waals surface area contributed by atoms with Crippen LogP contribution in [0.5, 0.6) is 0 Å². The van der Waals surface area contributed by atoms with Crippen molar-refractivity contribution in [3.8, 4) is 16.8 Å². The van der Waals surface area contributed by atoms with Gasteiger partial charge in [-0.25, -0.2) is 10.4 Å². The SMILES string of the molecule is Cc1cc(C)c(-n2ccnc2NN=C2c3ccccc3-c3ccccc32)c(C)c1. The first-order valence-electron chi connectivity index (χ1n) is 9.78. The molecule has 0 unspecified atom stereocenters. The summed E-state index contributed by atoms with van der Waals surface area (Å²) in [5.74, 6) is 0.703. The van der Waals surface area contributed by atoms with E-state index >= 15 is 0 Å². The Morgan fingerprint density at radius 1 is 0.793 bits per heavy atom. The molecule has 0 saturated heterocycles. The van der Waals surface area contributed by atoms with Crippen LogP contribution in [-0.2, 0) is 0 Å². The van der Waals surface area contributed by atoms with Gasteiger partial charge in [0.1, 0.15) is 0 Å². The molecule has 1 aliphatic carbocycles. The van der Waals surface area contributed by atoms with Crippen LogP contribution in [0.1, 0.15) is 27.8 Å². The maximum absolute atomic E-state index is 4.79. The van der Waals surface area contributed by atoms with Crippen molar-refractivity contribution >= 4 is 11.7 Å². The summed E-state index contributed by atoms with van der Waals surface area (Å²) in [5, 5.41) is 4.79. The maximum Gasteiger partial charge on any atom is 0.228 e. The zero-order valence-corrected chi connectivity index (χ0v) is 16.8. The molecule has 4 heteroatoms. The predicted octanol–water partition coefficient (Wildman–Crippen LogP) is 5.64. The van der Waals surface area contributed by atoms with Crippen LogP contribution in [0.2, 0.25) is 0 Å². The van der Waals surface area contributed by atoms with E-state index in [-0.39, 0.29) is 0 Å². The number of imidazole rings is 1. The summed E-state index contributed by atoms with van der Waals surface area (Å²) in [6.45, 7) is 6.39. The second-order valence-corrected chi connectivity index (χ2v) is 7.53. The van der Waals surface area contributed by atoms with Gasteiger partial charge in [-0.15, -0.1) is 0 Å². The van der Waals surface area contributed by atoms with Crippen molar-refractivity contribution < 1.29 is 0 Å². The molecule has 1 aromatic heterocycles. The van der Waals surface area contributed by atoms with Crippen molar-refractivity contribution in [2.24, 2.45) is 5.10 Å². The lowest BCUT2D eigenvalue weighted by Gasteiger charge is -2.14. The molecule has 1 N–H and O–H groups in total. The summed E-state index contributed by atoms with van der Waals surface area (Å²) in [4.78, 5) is 4.51. The number of nitrogens with one attached hydrogen (secondary N) is 1. The molecule has 0 saturated carbocycles. The van der Waals surface area contributed by atoms with Gasteiger partial charge >= 0.3 is 0 Å². The fourth-order valence-electron chi connectivity index (χ4n) is 4.34. The van der Waals surface area contributed by atoms with Gasteiger partial charge in [0.05, 0.1) is 11.4 Å². The van der Waals surface area contributed by atoms with Crippen molar-refractivity contribution in [1.82, 2.24) is 9.55 Å². The molecule has 0 fully saturated rings. The van der Waals surface area contributed by atoms with Gasteiger partial charge in [-0.3, -0.25) is 4.57 Å². The lowest BCUT2D eigenvalue weighted by molar-refractivity contribution is 1.01. The summed E-state index contributed by atoms with van der Waals surface area (Å²) in [5.41, 5.74) is 13.7. The Hall–Kier alpha value is -3.66. The normalized spacial score (nSPS) is 11.9. The van der Waals surface area contributed by atoms with Crippen LogP contribution in [0, 0.1) is 20.8 Å². The number of aryl methyl sites for hydroxylation is 3. The number of hydrogen-bond acceptors (Lipinski definition) is 3. The molecule has 29 heavy (non-hydrogen) atoms. The Labute approximate surface area is 170 Å². The Bertz CT molecular complexity index is 1190. The van der Waals surface area contributed by atoms with Gasteiger partial charge in [0.15, 0.2) is 0 Å². The molecule has 142 valence electrons. The number of benzene rings is 3. The largest absolute Gasteiger partial charge is 0.284 e. The lowest BCUT2D eigenvalue weighted by atomic mass is 10.1. The molecule has 4 aromatic rings. The van der Waals surface area contributed by atoms with E-state index in [4.69, 9.17) is 5.10 Å². The second-order valence-electron chi connectivity index (χ2n) is 7.53. The number of anilines is 1. The van der Waals surface area contributed by atoms with Crippen LogP contribution < -0.4 is 5.43 Å². The van der Waals surface area contributed by atoms with E-state index < -0.39 is 0 Å². The smallest absolute Gasteiger partial charge is 0.228 e. The van der Waals surface area contributed by atoms with Crippen molar-refractivity contribution in [3.63, 3.8) is 0 Å². The number of hydrogen-bond donors (Lipinski definition) is 1. The Balaban J connectivity index is 1.58. The summed E-state index contributed by atoms with van der Waals surface area (Å²) >= 11 is 0. The van der Waals surface area contributed by atoms with Crippen LogP contribution in [0.25, 0.3) is 16.8 Å². The average Bonchev–Trinajstić information content (AvgIpc) is 3.28. The number of aromatic nitrogens is 2. The van der Waals surface area contributed by atoms with E-state index in [1.807, 2.05) is 6.20 Å². The zero-order chi connectivity index (χ0) is 20.0. The highest BCUT2D eigenvalue weighted by atomic mass is 15.4. The lowest BCUT2D eigenvalue weighted by Crippen LogP contribution is -2.08. The van der Waals surface area contributed by atoms with Gasteiger partial charge in [-0.1, -0.05) is 66.2 Å². The zero-order valence-electron chi connectivity index (χ0n) is 16.8. The molecular weight excluding hydrogens is 356 g/mol. The molecule has 5 rings (SSSR count). The van der Waals surface area contributed by atoms with Gasteiger partial charge in [0.25, 0.3) is 0 Å². The van der Waals surface area contributed by atoms with Crippen LogP contribution in [0.4, 0.5) is 5.95 Å². The van der Waals surface area contributed by atoms with Crippen LogP contribution >= 0.6 is 0 Å². The summed E-state index contributed by atoms with van der Waals surface area (Å²) in [6.07, 6.45) is 3.78. The maximum atomic E-state index is 4.79. The third-order valence-electron chi connectivity index (χ3n) is 5.44. The first kappa shape index (κ1) is 17.4. The molecule has 1 heterocycles. The average molecular weight is 378 g/mol. The van der Waals surface area contributed by atoms with Crippen molar-refractivity contribution in [2.75, 3.05) is 5.43 Å². The van der Waals surface area contributed by atoms with E-state index in [9.17, 15) is 0 Å². The number of fused-ring (bicyclic) bond motifs is 3. The second kappa shape index (κ2) is 6.74. The van der Waals surface area contributed by atoms with E-state index in [0.29, 0.717) is 5.95 Å². The third-order valence-corrected chi connectivity index (χ3v) is 5.44. The molecule has 0 atom stereocenters. The predicted molar refractivity (Wildman–Crippen MR) is 119 cm³/mol. The summed E-state index contributed by atoms with van der Waals surface area (Å²) in [6, 6.07) is 21.2. The molecular formula is C25H22N4. The van der Waals surface area contributed by atoms with Crippen LogP contribution in [0.3, 0.4) is 0 Å². The molecule has 0 bridgehead atoms. The first-order valence-corrected chi connectivity index (χ1v) is 9.78. The van der Waals surface area contributed by atoms with Gasteiger partial charge in [-0.2, -0.15) is 5.10 Å². The van der Waals surface area contributed by atoms with Crippen LogP contribution in [-0.4, -0.2) is 15.3 Å².